The molecule has 0 aliphatic rings. The summed E-state index contributed by atoms with van der Waals surface area (Å²) in [4.78, 5) is 0. The Morgan fingerprint density at radius 2 is 0.600 bits per heavy atom. The zero-order valence-corrected chi connectivity index (χ0v) is 24.3. The molecule has 0 heterocycles. The maximum Gasteiger partial charge on any atom is 0.273 e. The van der Waals surface area contributed by atoms with E-state index in [1.807, 2.05) is 0 Å². The van der Waals surface area contributed by atoms with E-state index >= 15 is 0 Å². The fourth-order valence-electron chi connectivity index (χ4n) is 4.60. The van der Waals surface area contributed by atoms with Crippen molar-refractivity contribution in [1.82, 2.24) is 0 Å². The van der Waals surface area contributed by atoms with Gasteiger partial charge in [0.15, 0.2) is 0 Å². The molecule has 4 aromatic carbocycles. The van der Waals surface area contributed by atoms with E-state index in [0.29, 0.717) is 0 Å². The average molecular weight is 493 g/mol. The highest BCUT2D eigenvalue weighted by Crippen LogP contribution is 2.14. The van der Waals surface area contributed by atoms with E-state index in [-0.39, 0.29) is 0 Å². The van der Waals surface area contributed by atoms with Crippen molar-refractivity contribution in [3.63, 3.8) is 0 Å². The van der Waals surface area contributed by atoms with Gasteiger partial charge in [0.25, 0.3) is 18.1 Å². The first-order chi connectivity index (χ1) is 16.7. The van der Waals surface area contributed by atoms with E-state index in [4.69, 9.17) is 4.12 Å². The normalized spacial score (nSPS) is 11.5. The lowest BCUT2D eigenvalue weighted by Crippen LogP contribution is -2.58. The molecular formula is C32H36OSi2. The molecule has 35 heavy (non-hydrogen) atoms. The van der Waals surface area contributed by atoms with Gasteiger partial charge in [-0.15, -0.1) is 0 Å². The third-order valence-electron chi connectivity index (χ3n) is 7.60. The van der Waals surface area contributed by atoms with E-state index in [9.17, 15) is 0 Å². The number of hydrogen-bond donors (Lipinski definition) is 0. The van der Waals surface area contributed by atoms with Crippen LogP contribution in [0, 0.1) is 55.4 Å². The molecule has 0 N–H and O–H groups in total. The highest BCUT2D eigenvalue weighted by Gasteiger charge is 2.32. The third kappa shape index (κ3) is 4.99. The van der Waals surface area contributed by atoms with Gasteiger partial charge in [0, 0.05) is 0 Å². The Morgan fingerprint density at radius 1 is 0.371 bits per heavy atom. The van der Waals surface area contributed by atoms with Crippen molar-refractivity contribution in [1.29, 1.82) is 0 Å². The largest absolute Gasteiger partial charge is 0.442 e. The average Bonchev–Trinajstić information content (AvgIpc) is 2.83. The minimum atomic E-state index is -1.51. The molecule has 0 atom stereocenters. The van der Waals surface area contributed by atoms with Gasteiger partial charge in [-0.2, -0.15) is 0 Å². The first kappa shape index (κ1) is 25.4. The van der Waals surface area contributed by atoms with Crippen molar-refractivity contribution in [2.75, 3.05) is 0 Å². The Balaban J connectivity index is 1.97. The van der Waals surface area contributed by atoms with E-state index in [1.165, 1.54) is 65.3 Å². The Morgan fingerprint density at radius 3 is 0.829 bits per heavy atom. The number of hydrogen-bond acceptors (Lipinski definition) is 1. The molecule has 0 saturated carbocycles. The second kappa shape index (κ2) is 10.5. The summed E-state index contributed by atoms with van der Waals surface area (Å²) in [7, 11) is -3.02. The van der Waals surface area contributed by atoms with Crippen molar-refractivity contribution in [2.45, 2.75) is 55.4 Å². The summed E-state index contributed by atoms with van der Waals surface area (Å²) in [6.07, 6.45) is 0. The topological polar surface area (TPSA) is 9.23 Å². The van der Waals surface area contributed by atoms with Crippen LogP contribution in [0.4, 0.5) is 0 Å². The van der Waals surface area contributed by atoms with Gasteiger partial charge in [-0.05, 0) is 121 Å². The maximum absolute atomic E-state index is 7.54. The summed E-state index contributed by atoms with van der Waals surface area (Å²) in [6.45, 7) is 17.9. The summed E-state index contributed by atoms with van der Waals surface area (Å²) >= 11 is 0. The Labute approximate surface area is 215 Å². The van der Waals surface area contributed by atoms with Crippen LogP contribution in [0.25, 0.3) is 0 Å². The second-order valence-electron chi connectivity index (χ2n) is 9.75. The van der Waals surface area contributed by atoms with Crippen LogP contribution in [-0.4, -0.2) is 18.1 Å². The molecule has 0 aromatic heterocycles. The van der Waals surface area contributed by atoms with E-state index in [1.54, 1.807) is 0 Å². The maximum atomic E-state index is 7.54. The molecule has 0 bridgehead atoms. The molecule has 178 valence electrons. The van der Waals surface area contributed by atoms with Crippen LogP contribution in [0.3, 0.4) is 0 Å². The minimum Gasteiger partial charge on any atom is -0.442 e. The lowest BCUT2D eigenvalue weighted by molar-refractivity contribution is 0.632. The molecule has 4 aromatic rings. The van der Waals surface area contributed by atoms with Crippen LogP contribution >= 0.6 is 0 Å². The number of rotatable bonds is 6. The molecule has 0 fully saturated rings. The Bertz CT molecular complexity index is 1160. The highest BCUT2D eigenvalue weighted by atomic mass is 28.4. The van der Waals surface area contributed by atoms with E-state index in [0.717, 1.165) is 0 Å². The zero-order chi connectivity index (χ0) is 25.3. The second-order valence-corrected chi connectivity index (χ2v) is 14.0. The fraction of sp³-hybridized carbons (Fsp3) is 0.250. The molecule has 0 spiro atoms. The molecule has 0 aliphatic heterocycles. The van der Waals surface area contributed by atoms with Gasteiger partial charge in [-0.25, -0.2) is 0 Å². The predicted molar refractivity (Wildman–Crippen MR) is 155 cm³/mol. The van der Waals surface area contributed by atoms with Gasteiger partial charge < -0.3 is 4.12 Å². The molecule has 3 heteroatoms. The Hall–Kier alpha value is -2.73. The van der Waals surface area contributed by atoms with Crippen molar-refractivity contribution < 1.29 is 4.12 Å². The number of aryl methyl sites for hydroxylation is 4. The van der Waals surface area contributed by atoms with Crippen LogP contribution < -0.4 is 20.7 Å². The molecule has 0 aliphatic carbocycles. The van der Waals surface area contributed by atoms with Gasteiger partial charge in [0.1, 0.15) is 0 Å². The van der Waals surface area contributed by atoms with Crippen LogP contribution in [-0.2, 0) is 4.12 Å². The quantitative estimate of drug-likeness (QED) is 0.341. The van der Waals surface area contributed by atoms with Crippen molar-refractivity contribution in [2.24, 2.45) is 0 Å². The SMILES string of the molecule is Cc1cccc([Si](O[Si](c2cccc(C)c2C)c2cccc(C)c2C)c2cccc(C)c2C)c1C. The lowest BCUT2D eigenvalue weighted by atomic mass is 10.1. The monoisotopic (exact) mass is 492 g/mol. The predicted octanol–water partition coefficient (Wildman–Crippen LogP) is 5.08. The minimum absolute atomic E-state index is 1.33. The van der Waals surface area contributed by atoms with Gasteiger partial charge in [0.05, 0.1) is 0 Å². The first-order valence-corrected chi connectivity index (χ1v) is 15.2. The van der Waals surface area contributed by atoms with Crippen LogP contribution in [0.5, 0.6) is 0 Å². The highest BCUT2D eigenvalue weighted by molar-refractivity contribution is 6.92. The van der Waals surface area contributed by atoms with Crippen molar-refractivity contribution in [3.05, 3.63) is 117 Å². The summed E-state index contributed by atoms with van der Waals surface area (Å²) in [6, 6.07) is 26.8. The molecule has 0 amide bonds. The third-order valence-corrected chi connectivity index (χ3v) is 13.4. The lowest BCUT2D eigenvalue weighted by Gasteiger charge is -2.28. The fourth-order valence-corrected chi connectivity index (χ4v) is 10.9. The van der Waals surface area contributed by atoms with Crippen molar-refractivity contribution in [3.8, 4) is 0 Å². The zero-order valence-electron chi connectivity index (χ0n) is 22.3. The van der Waals surface area contributed by atoms with Gasteiger partial charge in [-0.3, -0.25) is 0 Å². The smallest absolute Gasteiger partial charge is 0.273 e. The van der Waals surface area contributed by atoms with Crippen LogP contribution in [0.2, 0.25) is 0 Å². The summed E-state index contributed by atoms with van der Waals surface area (Å²) < 4.78 is 7.54. The molecule has 4 rings (SSSR count). The van der Waals surface area contributed by atoms with Gasteiger partial charge in [0.2, 0.25) is 0 Å². The molecule has 1 nitrogen and oxygen atoms in total. The standard InChI is InChI=1S/C32H36OSi2/c1-21-13-9-17-29(25(21)5)34(30-18-10-14-22(2)26(30)6)33-35(31-19-11-15-23(3)27(31)7)32-20-12-16-24(4)28(32)8/h9-20H,1-8H3. The summed E-state index contributed by atoms with van der Waals surface area (Å²) in [5.74, 6) is 0. The van der Waals surface area contributed by atoms with Gasteiger partial charge >= 0.3 is 0 Å². The van der Waals surface area contributed by atoms with E-state index in [2.05, 4.69) is 128 Å². The summed E-state index contributed by atoms with van der Waals surface area (Å²) in [5.41, 5.74) is 10.7. The van der Waals surface area contributed by atoms with Crippen molar-refractivity contribution >= 4 is 38.8 Å². The Kier molecular flexibility index (Phi) is 7.60. The van der Waals surface area contributed by atoms with Crippen LogP contribution in [0.1, 0.15) is 44.5 Å². The molecular weight excluding hydrogens is 457 g/mol. The first-order valence-electron chi connectivity index (χ1n) is 12.4. The number of benzene rings is 4. The van der Waals surface area contributed by atoms with Crippen LogP contribution in [0.15, 0.2) is 72.8 Å². The molecule has 0 unspecified atom stereocenters. The molecule has 0 saturated heterocycles. The molecule has 2 radical (unpaired) electrons. The van der Waals surface area contributed by atoms with Gasteiger partial charge in [-0.1, -0.05) is 72.8 Å². The van der Waals surface area contributed by atoms with E-state index < -0.39 is 18.1 Å². The summed E-state index contributed by atoms with van der Waals surface area (Å²) in [5, 5.41) is 5.45.